The van der Waals surface area contributed by atoms with E-state index in [1.54, 1.807) is 13.8 Å². The minimum absolute atomic E-state index is 0.0114. The van der Waals surface area contributed by atoms with Crippen LogP contribution in [-0.4, -0.2) is 33.4 Å². The Morgan fingerprint density at radius 1 is 1.14 bits per heavy atom. The van der Waals surface area contributed by atoms with Gasteiger partial charge >= 0.3 is 11.7 Å². The number of anilines is 1. The van der Waals surface area contributed by atoms with Gasteiger partial charge in [0.2, 0.25) is 0 Å². The molecule has 28 heavy (non-hydrogen) atoms. The van der Waals surface area contributed by atoms with E-state index < -0.39 is 29.7 Å². The summed E-state index contributed by atoms with van der Waals surface area (Å²) in [6.45, 7) is 3.19. The van der Waals surface area contributed by atoms with Crippen molar-refractivity contribution >= 4 is 23.5 Å². The highest BCUT2D eigenvalue weighted by Gasteiger charge is 2.50. The van der Waals surface area contributed by atoms with Gasteiger partial charge in [-0.05, 0) is 56.3 Å². The molecule has 0 fully saturated rings. The van der Waals surface area contributed by atoms with Gasteiger partial charge in [0.25, 0.3) is 5.91 Å². The Labute approximate surface area is 160 Å². The summed E-state index contributed by atoms with van der Waals surface area (Å²) in [5.74, 6) is -0.934. The molecule has 4 nitrogen and oxygen atoms in total. The summed E-state index contributed by atoms with van der Waals surface area (Å²) in [4.78, 5) is 13.4. The molecule has 11 heteroatoms. The average molecular weight is 423 g/mol. The Morgan fingerprint density at radius 2 is 1.75 bits per heavy atom. The lowest BCUT2D eigenvalue weighted by Gasteiger charge is -2.39. The molecule has 0 saturated heterocycles. The fourth-order valence-corrected chi connectivity index (χ4v) is 3.70. The normalized spacial score (nSPS) is 20.2. The van der Waals surface area contributed by atoms with Crippen molar-refractivity contribution < 1.29 is 31.1 Å². The number of carbonyl (C=O) groups is 1. The van der Waals surface area contributed by atoms with E-state index in [0.29, 0.717) is 10.6 Å². The van der Waals surface area contributed by atoms with E-state index in [1.165, 1.54) is 10.7 Å². The minimum atomic E-state index is -4.67. The summed E-state index contributed by atoms with van der Waals surface area (Å²) < 4.78 is 79.6. The number of hydrogen-bond donors (Lipinski definition) is 0. The van der Waals surface area contributed by atoms with Crippen LogP contribution in [0.15, 0.2) is 35.2 Å². The van der Waals surface area contributed by atoms with Crippen molar-refractivity contribution in [3.63, 3.8) is 0 Å². The quantitative estimate of drug-likeness (QED) is 0.483. The van der Waals surface area contributed by atoms with Crippen molar-refractivity contribution in [2.75, 3.05) is 4.90 Å². The van der Waals surface area contributed by atoms with Crippen LogP contribution in [0.1, 0.15) is 35.4 Å². The first-order chi connectivity index (χ1) is 12.9. The van der Waals surface area contributed by atoms with Gasteiger partial charge in [-0.1, -0.05) is 0 Å². The number of hydrogen-bond acceptors (Lipinski definition) is 3. The first-order valence-corrected chi connectivity index (χ1v) is 9.00. The fraction of sp³-hybridized carbons (Fsp3) is 0.412. The van der Waals surface area contributed by atoms with Crippen LogP contribution in [0.2, 0.25) is 0 Å². The van der Waals surface area contributed by atoms with Gasteiger partial charge < -0.3 is 0 Å². The zero-order valence-electron chi connectivity index (χ0n) is 14.7. The summed E-state index contributed by atoms with van der Waals surface area (Å²) in [7, 11) is 0. The van der Waals surface area contributed by atoms with Gasteiger partial charge in [-0.3, -0.25) is 9.69 Å². The molecule has 1 aliphatic heterocycles. The number of halogens is 6. The Kier molecular flexibility index (Phi) is 5.15. The van der Waals surface area contributed by atoms with Crippen LogP contribution in [0.4, 0.5) is 32.2 Å². The van der Waals surface area contributed by atoms with Crippen molar-refractivity contribution in [3.8, 4) is 0 Å². The number of benzene rings is 1. The number of amides is 1. The molecule has 2 atom stereocenters. The lowest BCUT2D eigenvalue weighted by molar-refractivity contribution is -0.152. The summed E-state index contributed by atoms with van der Waals surface area (Å²) in [5, 5.41) is 4.16. The maximum atomic E-state index is 13.6. The van der Waals surface area contributed by atoms with Crippen LogP contribution >= 0.6 is 11.8 Å². The van der Waals surface area contributed by atoms with Crippen molar-refractivity contribution in [1.82, 2.24) is 9.78 Å². The highest BCUT2D eigenvalue weighted by Crippen LogP contribution is 2.41. The van der Waals surface area contributed by atoms with Gasteiger partial charge in [-0.25, -0.2) is 4.68 Å². The molecule has 0 N–H and O–H groups in total. The van der Waals surface area contributed by atoms with Crippen molar-refractivity contribution in [2.45, 2.75) is 48.9 Å². The van der Waals surface area contributed by atoms with Crippen LogP contribution in [0.25, 0.3) is 0 Å². The van der Waals surface area contributed by atoms with Gasteiger partial charge in [0.15, 0.2) is 0 Å². The van der Waals surface area contributed by atoms with Gasteiger partial charge in [-0.2, -0.15) is 31.4 Å². The molecule has 1 aromatic heterocycles. The first-order valence-electron chi connectivity index (χ1n) is 8.19. The van der Waals surface area contributed by atoms with E-state index >= 15 is 0 Å². The van der Waals surface area contributed by atoms with Gasteiger partial charge in [-0.15, -0.1) is 0 Å². The molecule has 0 aliphatic carbocycles. The highest BCUT2D eigenvalue weighted by atomic mass is 32.2. The molecule has 0 spiro atoms. The number of fused-ring (bicyclic) bond motifs is 1. The molecule has 2 heterocycles. The monoisotopic (exact) mass is 423 g/mol. The van der Waals surface area contributed by atoms with Crippen molar-refractivity contribution in [3.05, 3.63) is 41.6 Å². The van der Waals surface area contributed by atoms with E-state index in [4.69, 9.17) is 0 Å². The van der Waals surface area contributed by atoms with Crippen LogP contribution < -0.4 is 4.90 Å². The largest absolute Gasteiger partial charge is 0.446 e. The van der Waals surface area contributed by atoms with E-state index in [-0.39, 0.29) is 34.5 Å². The van der Waals surface area contributed by atoms with E-state index in [9.17, 15) is 31.1 Å². The Bertz CT molecular complexity index is 874. The third-order valence-corrected chi connectivity index (χ3v) is 5.05. The molecule has 0 saturated carbocycles. The van der Waals surface area contributed by atoms with Gasteiger partial charge in [0, 0.05) is 16.5 Å². The predicted octanol–water partition coefficient (Wildman–Crippen LogP) is 5.35. The average Bonchev–Trinajstić information content (AvgIpc) is 2.94. The van der Waals surface area contributed by atoms with Crippen LogP contribution in [-0.2, 0) is 0 Å². The maximum absolute atomic E-state index is 13.6. The number of thioether (sulfide) groups is 1. The molecule has 152 valence electrons. The molecular weight excluding hydrogens is 408 g/mol. The molecule has 0 bridgehead atoms. The fourth-order valence-electron chi connectivity index (χ4n) is 3.16. The van der Waals surface area contributed by atoms with Crippen LogP contribution in [0.5, 0.6) is 0 Å². The number of aromatic nitrogens is 2. The molecule has 1 amide bonds. The minimum Gasteiger partial charge on any atom is -0.280 e. The molecule has 1 aromatic carbocycles. The molecule has 2 aromatic rings. The SMILES string of the molecule is Cc1cc2n(n1)C(C)CC(C(F)(F)F)N2C(=O)c1ccc(SC(F)(F)F)cc1. The van der Waals surface area contributed by atoms with E-state index in [1.807, 2.05) is 0 Å². The summed E-state index contributed by atoms with van der Waals surface area (Å²) in [6, 6.07) is 3.07. The molecule has 0 radical (unpaired) electrons. The molecular formula is C17H15F6N3OS. The second-order valence-electron chi connectivity index (χ2n) is 6.48. The number of alkyl halides is 6. The maximum Gasteiger partial charge on any atom is 0.446 e. The van der Waals surface area contributed by atoms with Crippen molar-refractivity contribution in [2.24, 2.45) is 0 Å². The zero-order chi connectivity index (χ0) is 20.9. The van der Waals surface area contributed by atoms with Gasteiger partial charge in [0.05, 0.1) is 11.7 Å². The summed E-state index contributed by atoms with van der Waals surface area (Å²) in [6.07, 6.45) is -5.04. The topological polar surface area (TPSA) is 38.1 Å². The second kappa shape index (κ2) is 7.02. The molecule has 2 unspecified atom stereocenters. The van der Waals surface area contributed by atoms with E-state index in [0.717, 1.165) is 24.3 Å². The predicted molar refractivity (Wildman–Crippen MR) is 91.3 cm³/mol. The molecule has 3 rings (SSSR count). The van der Waals surface area contributed by atoms with Crippen molar-refractivity contribution in [1.29, 1.82) is 0 Å². The highest BCUT2D eigenvalue weighted by molar-refractivity contribution is 8.00. The smallest absolute Gasteiger partial charge is 0.280 e. The Morgan fingerprint density at radius 3 is 2.29 bits per heavy atom. The molecule has 1 aliphatic rings. The number of carbonyl (C=O) groups excluding carboxylic acids is 1. The Balaban J connectivity index is 1.98. The third kappa shape index (κ3) is 4.13. The summed E-state index contributed by atoms with van der Waals surface area (Å²) >= 11 is -0.365. The number of aryl methyl sites for hydroxylation is 1. The van der Waals surface area contributed by atoms with E-state index in [2.05, 4.69) is 5.10 Å². The third-order valence-electron chi connectivity index (χ3n) is 4.31. The lowest BCUT2D eigenvalue weighted by atomic mass is 10.0. The number of rotatable bonds is 2. The standard InChI is InChI=1S/C17H15F6N3OS/c1-9-7-14-25(13(16(18,19)20)8-10(2)26(14)24-9)15(27)11-3-5-12(6-4-11)28-17(21,22)23/h3-7,10,13H,8H2,1-2H3. The van der Waals surface area contributed by atoms with Gasteiger partial charge in [0.1, 0.15) is 11.9 Å². The van der Waals surface area contributed by atoms with Crippen LogP contribution in [0, 0.1) is 6.92 Å². The van der Waals surface area contributed by atoms with Crippen LogP contribution in [0.3, 0.4) is 0 Å². The lowest BCUT2D eigenvalue weighted by Crippen LogP contribution is -2.53. The summed E-state index contributed by atoms with van der Waals surface area (Å²) in [5.41, 5.74) is -4.18. The Hall–Kier alpha value is -2.17. The second-order valence-corrected chi connectivity index (χ2v) is 7.62. The first kappa shape index (κ1) is 20.6. The zero-order valence-corrected chi connectivity index (χ0v) is 15.5. The number of nitrogens with zero attached hydrogens (tertiary/aromatic N) is 3.